The Balaban J connectivity index is 1.96. The van der Waals surface area contributed by atoms with E-state index < -0.39 is 5.95 Å². The van der Waals surface area contributed by atoms with Crippen LogP contribution in [-0.4, -0.2) is 26.9 Å². The molecule has 0 unspecified atom stereocenters. The first-order valence-electron chi connectivity index (χ1n) is 3.89. The Morgan fingerprint density at radius 3 is 2.85 bits per heavy atom. The Morgan fingerprint density at radius 2 is 2.38 bits per heavy atom. The van der Waals surface area contributed by atoms with Crippen molar-refractivity contribution in [2.24, 2.45) is 0 Å². The van der Waals surface area contributed by atoms with Crippen LogP contribution in [0.1, 0.15) is 10.5 Å². The van der Waals surface area contributed by atoms with Crippen molar-refractivity contribution in [1.29, 1.82) is 0 Å². The molecule has 1 fully saturated rings. The summed E-state index contributed by atoms with van der Waals surface area (Å²) < 4.78 is 12.5. The summed E-state index contributed by atoms with van der Waals surface area (Å²) in [5.74, 6) is 1.60. The summed E-state index contributed by atoms with van der Waals surface area (Å²) in [4.78, 5) is 13.8. The minimum atomic E-state index is -0.452. The molecule has 2 nitrogen and oxygen atoms in total. The third kappa shape index (κ3) is 2.08. The topological polar surface area (TPSA) is 32.9 Å². The quantitative estimate of drug-likeness (QED) is 0.824. The van der Waals surface area contributed by atoms with Crippen LogP contribution in [0, 0.1) is 5.95 Å². The number of carbonyl (C=O) groups is 1. The number of H-pyrrole nitrogens is 1. The fourth-order valence-corrected chi connectivity index (χ4v) is 3.08. The van der Waals surface area contributed by atoms with Crippen LogP contribution in [0.3, 0.4) is 0 Å². The number of nitrogens with one attached hydrogen (secondary N) is 1. The van der Waals surface area contributed by atoms with E-state index in [-0.39, 0.29) is 5.12 Å². The zero-order valence-electron chi connectivity index (χ0n) is 6.75. The molecule has 0 aliphatic carbocycles. The van der Waals surface area contributed by atoms with Gasteiger partial charge in [0.25, 0.3) is 0 Å². The first-order chi connectivity index (χ1) is 6.25. The summed E-state index contributed by atoms with van der Waals surface area (Å²) in [6, 6.07) is 2.75. The normalized spacial score (nSPS) is 17.0. The largest absolute Gasteiger partial charge is 0.328 e. The van der Waals surface area contributed by atoms with E-state index in [1.807, 2.05) is 11.8 Å². The molecule has 2 rings (SSSR count). The number of halogens is 1. The molecular weight excluding hydrogens is 209 g/mol. The fraction of sp³-hybridized carbons (Fsp3) is 0.375. The number of hydrogen-bond donors (Lipinski definition) is 1. The molecule has 0 amide bonds. The van der Waals surface area contributed by atoms with Gasteiger partial charge >= 0.3 is 0 Å². The van der Waals surface area contributed by atoms with Crippen molar-refractivity contribution >= 4 is 28.6 Å². The average molecular weight is 217 g/mol. The molecule has 0 radical (unpaired) electrons. The van der Waals surface area contributed by atoms with Gasteiger partial charge in [-0.1, -0.05) is 11.8 Å². The second kappa shape index (κ2) is 3.75. The van der Waals surface area contributed by atoms with Crippen LogP contribution in [0.5, 0.6) is 0 Å². The van der Waals surface area contributed by atoms with Crippen molar-refractivity contribution < 1.29 is 9.18 Å². The third-order valence-corrected chi connectivity index (χ3v) is 4.55. The lowest BCUT2D eigenvalue weighted by molar-refractivity contribution is 0.108. The zero-order chi connectivity index (χ0) is 9.26. The van der Waals surface area contributed by atoms with E-state index in [0.717, 1.165) is 11.5 Å². The van der Waals surface area contributed by atoms with E-state index in [0.29, 0.717) is 10.9 Å². The maximum atomic E-state index is 12.5. The maximum Gasteiger partial charge on any atom is 0.235 e. The van der Waals surface area contributed by atoms with E-state index in [2.05, 4.69) is 4.98 Å². The van der Waals surface area contributed by atoms with Crippen LogP contribution in [0.25, 0.3) is 0 Å². The van der Waals surface area contributed by atoms with Gasteiger partial charge in [0.05, 0.1) is 5.69 Å². The number of aromatic amines is 1. The highest BCUT2D eigenvalue weighted by Crippen LogP contribution is 2.31. The van der Waals surface area contributed by atoms with Gasteiger partial charge in [0.1, 0.15) is 0 Å². The molecule has 70 valence electrons. The lowest BCUT2D eigenvalue weighted by atomic mass is 10.5. The van der Waals surface area contributed by atoms with E-state index in [1.165, 1.54) is 23.9 Å². The molecule has 1 aromatic heterocycles. The van der Waals surface area contributed by atoms with Crippen molar-refractivity contribution in [3.8, 4) is 0 Å². The lowest BCUT2D eigenvalue weighted by Crippen LogP contribution is -2.22. The Hall–Kier alpha value is -0.420. The van der Waals surface area contributed by atoms with Crippen LogP contribution in [0.2, 0.25) is 0 Å². The van der Waals surface area contributed by atoms with E-state index in [9.17, 15) is 9.18 Å². The Labute approximate surface area is 83.7 Å². The molecule has 0 saturated carbocycles. The summed E-state index contributed by atoms with van der Waals surface area (Å²) >= 11 is 3.13. The van der Waals surface area contributed by atoms with Crippen molar-refractivity contribution in [2.45, 2.75) is 5.25 Å². The third-order valence-electron chi connectivity index (χ3n) is 1.75. The second-order valence-electron chi connectivity index (χ2n) is 2.78. The molecule has 2 heterocycles. The van der Waals surface area contributed by atoms with Gasteiger partial charge in [-0.3, -0.25) is 4.79 Å². The highest BCUT2D eigenvalue weighted by Gasteiger charge is 2.23. The summed E-state index contributed by atoms with van der Waals surface area (Å²) in [5, 5.41) is 0.359. The molecule has 1 aliphatic rings. The zero-order valence-corrected chi connectivity index (χ0v) is 8.38. The van der Waals surface area contributed by atoms with Crippen molar-refractivity contribution in [2.75, 3.05) is 11.5 Å². The number of hydrogen-bond acceptors (Lipinski definition) is 3. The average Bonchev–Trinajstić information content (AvgIpc) is 2.44. The van der Waals surface area contributed by atoms with Crippen molar-refractivity contribution in [1.82, 2.24) is 4.98 Å². The first-order valence-corrected chi connectivity index (χ1v) is 5.92. The van der Waals surface area contributed by atoms with Crippen LogP contribution in [0.15, 0.2) is 12.1 Å². The minimum absolute atomic E-state index is 0.0609. The van der Waals surface area contributed by atoms with Gasteiger partial charge in [-0.05, 0) is 12.1 Å². The van der Waals surface area contributed by atoms with Crippen LogP contribution < -0.4 is 0 Å². The Morgan fingerprint density at radius 1 is 1.62 bits per heavy atom. The molecule has 5 heteroatoms. The fourth-order valence-electron chi connectivity index (χ4n) is 0.985. The molecule has 0 spiro atoms. The summed E-state index contributed by atoms with van der Waals surface area (Å²) in [7, 11) is 0. The predicted octanol–water partition coefficient (Wildman–Crippen LogP) is 2.14. The van der Waals surface area contributed by atoms with Crippen molar-refractivity contribution in [3.05, 3.63) is 23.8 Å². The minimum Gasteiger partial charge on any atom is -0.328 e. The molecule has 13 heavy (non-hydrogen) atoms. The predicted molar refractivity (Wildman–Crippen MR) is 53.8 cm³/mol. The number of thioether (sulfide) groups is 2. The van der Waals surface area contributed by atoms with Crippen LogP contribution >= 0.6 is 23.5 Å². The first kappa shape index (κ1) is 9.15. The van der Waals surface area contributed by atoms with Crippen molar-refractivity contribution in [3.63, 3.8) is 0 Å². The lowest BCUT2D eigenvalue weighted by Gasteiger charge is -2.22. The van der Waals surface area contributed by atoms with Crippen LogP contribution in [0.4, 0.5) is 4.39 Å². The molecule has 1 aromatic rings. The Kier molecular flexibility index (Phi) is 2.64. The molecule has 1 saturated heterocycles. The Bertz CT molecular complexity index is 322. The van der Waals surface area contributed by atoms with Gasteiger partial charge in [-0.15, -0.1) is 0 Å². The summed E-state index contributed by atoms with van der Waals surface area (Å²) in [6.07, 6.45) is 0. The molecule has 1 N–H and O–H groups in total. The second-order valence-corrected chi connectivity index (χ2v) is 5.13. The van der Waals surface area contributed by atoms with Gasteiger partial charge in [0.15, 0.2) is 5.95 Å². The van der Waals surface area contributed by atoms with E-state index in [4.69, 9.17) is 0 Å². The smallest absolute Gasteiger partial charge is 0.235 e. The van der Waals surface area contributed by atoms with Crippen LogP contribution in [-0.2, 0) is 0 Å². The van der Waals surface area contributed by atoms with Gasteiger partial charge < -0.3 is 4.98 Å². The molecule has 0 bridgehead atoms. The molecule has 0 atom stereocenters. The molecule has 0 aromatic carbocycles. The monoisotopic (exact) mass is 217 g/mol. The SMILES string of the molecule is O=C(SC1CSC1)c1ccc(F)[nH]1. The maximum absolute atomic E-state index is 12.5. The van der Waals surface area contributed by atoms with Gasteiger partial charge in [0.2, 0.25) is 5.12 Å². The molecular formula is C8H8FNOS2. The number of rotatable bonds is 2. The highest BCUT2D eigenvalue weighted by molar-refractivity contribution is 8.17. The summed E-state index contributed by atoms with van der Waals surface area (Å²) in [5.41, 5.74) is 0.361. The molecule has 1 aliphatic heterocycles. The standard InChI is InChI=1S/C8H8FNOS2/c9-7-2-1-6(10-7)8(11)13-5-3-12-4-5/h1-2,5,10H,3-4H2. The van der Waals surface area contributed by atoms with E-state index >= 15 is 0 Å². The van der Waals surface area contributed by atoms with E-state index in [1.54, 1.807) is 0 Å². The highest BCUT2D eigenvalue weighted by atomic mass is 32.2. The van der Waals surface area contributed by atoms with Gasteiger partial charge in [-0.25, -0.2) is 0 Å². The van der Waals surface area contributed by atoms with Gasteiger partial charge in [0, 0.05) is 16.8 Å². The number of carbonyl (C=O) groups excluding carboxylic acids is 1. The number of aromatic nitrogens is 1. The van der Waals surface area contributed by atoms with Gasteiger partial charge in [-0.2, -0.15) is 16.2 Å². The summed E-state index contributed by atoms with van der Waals surface area (Å²) in [6.45, 7) is 0.